The molecule has 2 aliphatic rings. The summed E-state index contributed by atoms with van der Waals surface area (Å²) < 4.78 is 5.50. The molecule has 3 rings (SSSR count). The van der Waals surface area contributed by atoms with Crippen molar-refractivity contribution < 1.29 is 9.53 Å². The molecule has 1 saturated heterocycles. The van der Waals surface area contributed by atoms with Gasteiger partial charge in [0.25, 0.3) is 0 Å². The lowest BCUT2D eigenvalue weighted by Crippen LogP contribution is -2.44. The Morgan fingerprint density at radius 2 is 1.88 bits per heavy atom. The highest BCUT2D eigenvalue weighted by atomic mass is 16.5. The van der Waals surface area contributed by atoms with E-state index in [4.69, 9.17) is 4.74 Å². The van der Waals surface area contributed by atoms with Crippen molar-refractivity contribution in [2.24, 2.45) is 11.8 Å². The fourth-order valence-corrected chi connectivity index (χ4v) is 3.94. The Morgan fingerprint density at radius 3 is 2.50 bits per heavy atom. The predicted molar refractivity (Wildman–Crippen MR) is 105 cm³/mol. The number of carbonyl (C=O) groups excluding carboxylic acids is 1. The molecule has 1 saturated carbocycles. The fraction of sp³-hybridized carbons (Fsp3) is 0.682. The van der Waals surface area contributed by atoms with E-state index in [1.54, 1.807) is 0 Å². The Hall–Kier alpha value is -1.55. The van der Waals surface area contributed by atoms with E-state index in [1.165, 1.54) is 37.7 Å². The number of ether oxygens (including phenoxy) is 1. The molecule has 1 unspecified atom stereocenters. The van der Waals surface area contributed by atoms with Crippen molar-refractivity contribution in [1.29, 1.82) is 0 Å². The van der Waals surface area contributed by atoms with Gasteiger partial charge in [0.15, 0.2) is 0 Å². The molecule has 1 aromatic carbocycles. The van der Waals surface area contributed by atoms with Gasteiger partial charge in [-0.15, -0.1) is 0 Å². The molecule has 4 heteroatoms. The lowest BCUT2D eigenvalue weighted by Gasteiger charge is -2.31. The van der Waals surface area contributed by atoms with E-state index < -0.39 is 0 Å². The van der Waals surface area contributed by atoms with Crippen LogP contribution in [-0.2, 0) is 11.2 Å². The van der Waals surface area contributed by atoms with E-state index in [2.05, 4.69) is 41.4 Å². The second-order valence-corrected chi connectivity index (χ2v) is 8.03. The summed E-state index contributed by atoms with van der Waals surface area (Å²) in [5.41, 5.74) is 1.39. The van der Waals surface area contributed by atoms with E-state index in [0.717, 1.165) is 43.7 Å². The van der Waals surface area contributed by atoms with E-state index in [-0.39, 0.29) is 5.91 Å². The number of benzene rings is 1. The quantitative estimate of drug-likeness (QED) is 0.733. The molecule has 1 aliphatic heterocycles. The van der Waals surface area contributed by atoms with Gasteiger partial charge < -0.3 is 10.1 Å². The molecule has 4 nitrogen and oxygen atoms in total. The minimum Gasteiger partial charge on any atom is -0.494 e. The lowest BCUT2D eigenvalue weighted by atomic mass is 9.90. The molecule has 0 spiro atoms. The first kappa shape index (κ1) is 19.2. The van der Waals surface area contributed by atoms with Crippen molar-refractivity contribution in [2.45, 2.75) is 58.4 Å². The van der Waals surface area contributed by atoms with Gasteiger partial charge in [0, 0.05) is 6.04 Å². The van der Waals surface area contributed by atoms with Crippen LogP contribution < -0.4 is 10.1 Å². The molecule has 0 aromatic heterocycles. The molecule has 2 fully saturated rings. The van der Waals surface area contributed by atoms with Crippen molar-refractivity contribution in [2.75, 3.05) is 26.2 Å². The SMILES string of the molecule is CCOc1ccc(CCC2CCN(CC(=O)NC(C)C3CC3)CC2)cc1. The van der Waals surface area contributed by atoms with Crippen LogP contribution in [0.2, 0.25) is 0 Å². The second kappa shape index (κ2) is 9.40. The molecule has 1 aromatic rings. The van der Waals surface area contributed by atoms with E-state index in [1.807, 2.05) is 6.92 Å². The van der Waals surface area contributed by atoms with Gasteiger partial charge in [-0.2, -0.15) is 0 Å². The number of carbonyl (C=O) groups is 1. The number of rotatable bonds is 9. The summed E-state index contributed by atoms with van der Waals surface area (Å²) in [6.07, 6.45) is 7.36. The molecule has 1 atom stereocenters. The topological polar surface area (TPSA) is 41.6 Å². The highest BCUT2D eigenvalue weighted by Crippen LogP contribution is 2.32. The molecule has 0 bridgehead atoms. The van der Waals surface area contributed by atoms with Crippen molar-refractivity contribution in [3.63, 3.8) is 0 Å². The van der Waals surface area contributed by atoms with Crippen molar-refractivity contribution >= 4 is 5.91 Å². The standard InChI is InChI=1S/C22H34N2O2/c1-3-26-21-10-6-18(7-11-21)4-5-19-12-14-24(15-13-19)16-22(25)23-17(2)20-8-9-20/h6-7,10-11,17,19-20H,3-5,8-9,12-16H2,1-2H3,(H,23,25). The van der Waals surface area contributed by atoms with Gasteiger partial charge in [0.1, 0.15) is 5.75 Å². The maximum Gasteiger partial charge on any atom is 0.234 e. The Morgan fingerprint density at radius 1 is 1.19 bits per heavy atom. The van der Waals surface area contributed by atoms with Gasteiger partial charge in [0.2, 0.25) is 5.91 Å². The molecular formula is C22H34N2O2. The predicted octanol–water partition coefficient (Wildman–Crippen LogP) is 3.64. The van der Waals surface area contributed by atoms with Crippen LogP contribution in [-0.4, -0.2) is 43.1 Å². The Labute approximate surface area is 158 Å². The number of amides is 1. The zero-order valence-corrected chi connectivity index (χ0v) is 16.4. The molecule has 1 heterocycles. The zero-order valence-electron chi connectivity index (χ0n) is 16.4. The van der Waals surface area contributed by atoms with Crippen LogP contribution >= 0.6 is 0 Å². The number of nitrogens with one attached hydrogen (secondary N) is 1. The first-order valence-corrected chi connectivity index (χ1v) is 10.4. The highest BCUT2D eigenvalue weighted by Gasteiger charge is 2.29. The Kier molecular flexibility index (Phi) is 6.95. The summed E-state index contributed by atoms with van der Waals surface area (Å²) in [7, 11) is 0. The maximum absolute atomic E-state index is 12.2. The lowest BCUT2D eigenvalue weighted by molar-refractivity contribution is -0.123. The molecular weight excluding hydrogens is 324 g/mol. The van der Waals surface area contributed by atoms with Crippen LogP contribution in [0.5, 0.6) is 5.75 Å². The Bertz CT molecular complexity index is 560. The number of aryl methyl sites for hydroxylation is 1. The van der Waals surface area contributed by atoms with Crippen molar-refractivity contribution in [3.8, 4) is 5.75 Å². The summed E-state index contributed by atoms with van der Waals surface area (Å²) in [5, 5.41) is 3.17. The summed E-state index contributed by atoms with van der Waals surface area (Å²) >= 11 is 0. The van der Waals surface area contributed by atoms with Crippen molar-refractivity contribution in [1.82, 2.24) is 10.2 Å². The van der Waals surface area contributed by atoms with Gasteiger partial charge in [-0.25, -0.2) is 0 Å². The minimum absolute atomic E-state index is 0.206. The monoisotopic (exact) mass is 358 g/mol. The van der Waals surface area contributed by atoms with Crippen LogP contribution in [0.3, 0.4) is 0 Å². The smallest absolute Gasteiger partial charge is 0.234 e. The van der Waals surface area contributed by atoms with Crippen LogP contribution in [0.1, 0.15) is 51.5 Å². The molecule has 1 N–H and O–H groups in total. The third kappa shape index (κ3) is 6.01. The van der Waals surface area contributed by atoms with Gasteiger partial charge in [-0.3, -0.25) is 9.69 Å². The van der Waals surface area contributed by atoms with Crippen LogP contribution in [0, 0.1) is 11.8 Å². The Balaban J connectivity index is 1.32. The van der Waals surface area contributed by atoms with E-state index in [0.29, 0.717) is 12.6 Å². The van der Waals surface area contributed by atoms with E-state index in [9.17, 15) is 4.79 Å². The van der Waals surface area contributed by atoms with Crippen LogP contribution in [0.15, 0.2) is 24.3 Å². The normalized spacial score (nSPS) is 19.9. The van der Waals surface area contributed by atoms with Crippen molar-refractivity contribution in [3.05, 3.63) is 29.8 Å². The van der Waals surface area contributed by atoms with Gasteiger partial charge >= 0.3 is 0 Å². The average Bonchev–Trinajstić information content (AvgIpc) is 3.48. The van der Waals surface area contributed by atoms with Gasteiger partial charge in [-0.05, 0) is 95.0 Å². The molecule has 1 aliphatic carbocycles. The highest BCUT2D eigenvalue weighted by molar-refractivity contribution is 5.78. The zero-order chi connectivity index (χ0) is 18.4. The minimum atomic E-state index is 0.206. The average molecular weight is 359 g/mol. The molecule has 144 valence electrons. The third-order valence-electron chi connectivity index (χ3n) is 5.87. The first-order valence-electron chi connectivity index (χ1n) is 10.4. The first-order chi connectivity index (χ1) is 12.6. The summed E-state index contributed by atoms with van der Waals surface area (Å²) in [6, 6.07) is 8.87. The summed E-state index contributed by atoms with van der Waals surface area (Å²) in [5.74, 6) is 2.68. The largest absolute Gasteiger partial charge is 0.494 e. The molecule has 1 amide bonds. The third-order valence-corrected chi connectivity index (χ3v) is 5.87. The second-order valence-electron chi connectivity index (χ2n) is 8.03. The number of hydrogen-bond donors (Lipinski definition) is 1. The van der Waals surface area contributed by atoms with Crippen LogP contribution in [0.4, 0.5) is 0 Å². The fourth-order valence-electron chi connectivity index (χ4n) is 3.94. The van der Waals surface area contributed by atoms with Gasteiger partial charge in [-0.1, -0.05) is 12.1 Å². The van der Waals surface area contributed by atoms with Gasteiger partial charge in [0.05, 0.1) is 13.2 Å². The van der Waals surface area contributed by atoms with Crippen LogP contribution in [0.25, 0.3) is 0 Å². The molecule has 0 radical (unpaired) electrons. The summed E-state index contributed by atoms with van der Waals surface area (Å²) in [4.78, 5) is 14.5. The number of piperidine rings is 1. The summed E-state index contributed by atoms with van der Waals surface area (Å²) in [6.45, 7) is 7.55. The molecule has 26 heavy (non-hydrogen) atoms. The van der Waals surface area contributed by atoms with E-state index >= 15 is 0 Å². The number of likely N-dealkylation sites (tertiary alicyclic amines) is 1. The number of nitrogens with zero attached hydrogens (tertiary/aromatic N) is 1. The maximum atomic E-state index is 12.2. The number of hydrogen-bond acceptors (Lipinski definition) is 3.